The number of amides is 2. The molecule has 5 heteroatoms. The largest absolute Gasteiger partial charge is 0.376 e. The molecule has 0 spiro atoms. The lowest BCUT2D eigenvalue weighted by Crippen LogP contribution is -2.21. The van der Waals surface area contributed by atoms with Crippen LogP contribution in [0.15, 0.2) is 48.5 Å². The van der Waals surface area contributed by atoms with Crippen LogP contribution in [0, 0.1) is 6.92 Å². The zero-order valence-electron chi connectivity index (χ0n) is 12.6. The Morgan fingerprint density at radius 1 is 0.955 bits per heavy atom. The second kappa shape index (κ2) is 7.26. The summed E-state index contributed by atoms with van der Waals surface area (Å²) in [6, 6.07) is 14.9. The molecule has 0 aliphatic carbocycles. The first-order valence-corrected chi connectivity index (χ1v) is 7.01. The Morgan fingerprint density at radius 2 is 1.68 bits per heavy atom. The van der Waals surface area contributed by atoms with E-state index in [1.54, 1.807) is 0 Å². The van der Waals surface area contributed by atoms with Gasteiger partial charge in [0.15, 0.2) is 0 Å². The van der Waals surface area contributed by atoms with Crippen LogP contribution in [0.2, 0.25) is 0 Å². The summed E-state index contributed by atoms with van der Waals surface area (Å²) in [6.07, 6.45) is 0. The fourth-order valence-corrected chi connectivity index (χ4v) is 1.97. The molecule has 114 valence electrons. The fourth-order valence-electron chi connectivity index (χ4n) is 1.97. The third-order valence-electron chi connectivity index (χ3n) is 3.06. The Kier molecular flexibility index (Phi) is 5.14. The van der Waals surface area contributed by atoms with E-state index < -0.39 is 0 Å². The van der Waals surface area contributed by atoms with Crippen LogP contribution in [0.25, 0.3) is 0 Å². The van der Waals surface area contributed by atoms with E-state index in [4.69, 9.17) is 0 Å². The lowest BCUT2D eigenvalue weighted by atomic mass is 10.1. The van der Waals surface area contributed by atoms with Gasteiger partial charge in [0, 0.05) is 24.0 Å². The highest BCUT2D eigenvalue weighted by Crippen LogP contribution is 2.20. The van der Waals surface area contributed by atoms with Gasteiger partial charge in [0.05, 0.1) is 6.54 Å². The Bertz CT molecular complexity index is 669. The Labute approximate surface area is 129 Å². The van der Waals surface area contributed by atoms with Gasteiger partial charge in [0.1, 0.15) is 0 Å². The van der Waals surface area contributed by atoms with Crippen molar-refractivity contribution in [3.05, 3.63) is 54.1 Å². The number of benzene rings is 2. The maximum absolute atomic E-state index is 11.9. The lowest BCUT2D eigenvalue weighted by Gasteiger charge is -2.11. The molecule has 2 aromatic carbocycles. The first-order chi connectivity index (χ1) is 10.5. The van der Waals surface area contributed by atoms with Crippen LogP contribution in [-0.2, 0) is 9.59 Å². The fraction of sp³-hybridized carbons (Fsp3) is 0.176. The molecule has 0 saturated carbocycles. The summed E-state index contributed by atoms with van der Waals surface area (Å²) in [5.74, 6) is -0.255. The molecular formula is C17H19N3O2. The van der Waals surface area contributed by atoms with Crippen LogP contribution in [0.5, 0.6) is 0 Å². The first-order valence-electron chi connectivity index (χ1n) is 7.01. The van der Waals surface area contributed by atoms with Gasteiger partial charge in [-0.15, -0.1) is 0 Å². The Morgan fingerprint density at radius 3 is 2.36 bits per heavy atom. The minimum absolute atomic E-state index is 0.123. The van der Waals surface area contributed by atoms with Gasteiger partial charge >= 0.3 is 0 Å². The zero-order chi connectivity index (χ0) is 15.9. The van der Waals surface area contributed by atoms with Crippen molar-refractivity contribution < 1.29 is 9.59 Å². The Balaban J connectivity index is 1.93. The number of aryl methyl sites for hydroxylation is 1. The van der Waals surface area contributed by atoms with Crippen molar-refractivity contribution in [2.45, 2.75) is 13.8 Å². The molecule has 0 aliphatic heterocycles. The molecule has 0 heterocycles. The minimum atomic E-state index is -0.132. The molecular weight excluding hydrogens is 278 g/mol. The van der Waals surface area contributed by atoms with Crippen LogP contribution in [-0.4, -0.2) is 18.4 Å². The van der Waals surface area contributed by atoms with Crippen molar-refractivity contribution in [1.82, 2.24) is 0 Å². The highest BCUT2D eigenvalue weighted by Gasteiger charge is 2.05. The molecule has 0 radical (unpaired) electrons. The molecule has 0 aromatic heterocycles. The lowest BCUT2D eigenvalue weighted by molar-refractivity contribution is -0.115. The van der Waals surface area contributed by atoms with Crippen molar-refractivity contribution in [1.29, 1.82) is 0 Å². The summed E-state index contributed by atoms with van der Waals surface area (Å²) < 4.78 is 0. The summed E-state index contributed by atoms with van der Waals surface area (Å²) in [4.78, 5) is 23.0. The monoisotopic (exact) mass is 297 g/mol. The standard InChI is InChI=1S/C17H19N3O2/c1-12-8-9-15(10-16(12)19-13(2)21)18-11-17(22)20-14-6-4-3-5-7-14/h3-10,18H,11H2,1-2H3,(H,19,21)(H,20,22). The maximum Gasteiger partial charge on any atom is 0.243 e. The maximum atomic E-state index is 11.9. The number of nitrogens with one attached hydrogen (secondary N) is 3. The van der Waals surface area contributed by atoms with E-state index in [1.807, 2.05) is 55.5 Å². The summed E-state index contributed by atoms with van der Waals surface area (Å²) in [6.45, 7) is 3.53. The van der Waals surface area contributed by atoms with Crippen LogP contribution in [0.3, 0.4) is 0 Å². The van der Waals surface area contributed by atoms with Crippen LogP contribution >= 0.6 is 0 Å². The van der Waals surface area contributed by atoms with Gasteiger partial charge in [0.2, 0.25) is 11.8 Å². The van der Waals surface area contributed by atoms with Crippen LogP contribution in [0.1, 0.15) is 12.5 Å². The minimum Gasteiger partial charge on any atom is -0.376 e. The van der Waals surface area contributed by atoms with Gasteiger partial charge in [-0.2, -0.15) is 0 Å². The van der Waals surface area contributed by atoms with E-state index in [2.05, 4.69) is 16.0 Å². The zero-order valence-corrected chi connectivity index (χ0v) is 12.6. The molecule has 0 bridgehead atoms. The summed E-state index contributed by atoms with van der Waals surface area (Å²) in [5, 5.41) is 8.60. The first kappa shape index (κ1) is 15.6. The van der Waals surface area contributed by atoms with Gasteiger partial charge < -0.3 is 16.0 Å². The molecule has 0 fully saturated rings. The van der Waals surface area contributed by atoms with Crippen molar-refractivity contribution in [3.8, 4) is 0 Å². The predicted molar refractivity (Wildman–Crippen MR) is 89.0 cm³/mol. The van der Waals surface area contributed by atoms with E-state index in [-0.39, 0.29) is 18.4 Å². The second-order valence-corrected chi connectivity index (χ2v) is 4.98. The number of para-hydroxylation sites is 1. The van der Waals surface area contributed by atoms with Crippen LogP contribution < -0.4 is 16.0 Å². The molecule has 0 saturated heterocycles. The van der Waals surface area contributed by atoms with Gasteiger partial charge in [-0.3, -0.25) is 9.59 Å². The number of carbonyl (C=O) groups is 2. The third-order valence-corrected chi connectivity index (χ3v) is 3.06. The number of carbonyl (C=O) groups excluding carboxylic acids is 2. The molecule has 3 N–H and O–H groups in total. The van der Waals surface area contributed by atoms with Crippen LogP contribution in [0.4, 0.5) is 17.1 Å². The van der Waals surface area contributed by atoms with E-state index in [1.165, 1.54) is 6.92 Å². The number of anilines is 3. The van der Waals surface area contributed by atoms with E-state index in [0.717, 1.165) is 22.6 Å². The number of hydrogen-bond acceptors (Lipinski definition) is 3. The van der Waals surface area contributed by atoms with E-state index in [0.29, 0.717) is 0 Å². The molecule has 0 unspecified atom stereocenters. The van der Waals surface area contributed by atoms with Gasteiger partial charge in [-0.1, -0.05) is 24.3 Å². The normalized spacial score (nSPS) is 9.91. The third kappa shape index (κ3) is 4.63. The predicted octanol–water partition coefficient (Wildman–Crippen LogP) is 3.00. The molecule has 2 rings (SSSR count). The number of rotatable bonds is 5. The highest BCUT2D eigenvalue weighted by molar-refractivity contribution is 5.94. The molecule has 0 aliphatic rings. The van der Waals surface area contributed by atoms with E-state index >= 15 is 0 Å². The topological polar surface area (TPSA) is 70.2 Å². The molecule has 2 amide bonds. The summed E-state index contributed by atoms with van der Waals surface area (Å²) in [5.41, 5.74) is 3.24. The van der Waals surface area contributed by atoms with Gasteiger partial charge in [-0.25, -0.2) is 0 Å². The Hall–Kier alpha value is -2.82. The molecule has 5 nitrogen and oxygen atoms in total. The van der Waals surface area contributed by atoms with Crippen molar-refractivity contribution >= 4 is 28.9 Å². The van der Waals surface area contributed by atoms with Crippen molar-refractivity contribution in [3.63, 3.8) is 0 Å². The average Bonchev–Trinajstić information content (AvgIpc) is 2.48. The molecule has 22 heavy (non-hydrogen) atoms. The SMILES string of the molecule is CC(=O)Nc1cc(NCC(=O)Nc2ccccc2)ccc1C. The summed E-state index contributed by atoms with van der Waals surface area (Å²) >= 11 is 0. The van der Waals surface area contributed by atoms with Gasteiger partial charge in [-0.05, 0) is 36.8 Å². The van der Waals surface area contributed by atoms with E-state index in [9.17, 15) is 9.59 Å². The van der Waals surface area contributed by atoms with Crippen molar-refractivity contribution in [2.75, 3.05) is 22.5 Å². The highest BCUT2D eigenvalue weighted by atomic mass is 16.2. The quantitative estimate of drug-likeness (QED) is 0.794. The van der Waals surface area contributed by atoms with Crippen molar-refractivity contribution in [2.24, 2.45) is 0 Å². The molecule has 2 aromatic rings. The second-order valence-electron chi connectivity index (χ2n) is 4.98. The average molecular weight is 297 g/mol. The smallest absolute Gasteiger partial charge is 0.243 e. The summed E-state index contributed by atoms with van der Waals surface area (Å²) in [7, 11) is 0. The number of hydrogen-bond donors (Lipinski definition) is 3. The molecule has 0 atom stereocenters. The van der Waals surface area contributed by atoms with Gasteiger partial charge in [0.25, 0.3) is 0 Å².